The van der Waals surface area contributed by atoms with Crippen LogP contribution in [0, 0.1) is 15.4 Å². The van der Waals surface area contributed by atoms with E-state index in [-0.39, 0.29) is 11.9 Å². The Hall–Kier alpha value is -0.580. The summed E-state index contributed by atoms with van der Waals surface area (Å²) in [6, 6.07) is 7.89. The van der Waals surface area contributed by atoms with Crippen molar-refractivity contribution in [3.05, 3.63) is 33.4 Å². The first kappa shape index (κ1) is 14.5. The molecule has 1 N–H and O–H groups in total. The van der Waals surface area contributed by atoms with Crippen molar-refractivity contribution in [2.75, 3.05) is 0 Å². The van der Waals surface area contributed by atoms with Crippen LogP contribution in [0.2, 0.25) is 0 Å². The second-order valence-electron chi connectivity index (χ2n) is 4.97. The molecular weight excluding hydrogens is 325 g/mol. The molecule has 0 spiro atoms. The highest BCUT2D eigenvalue weighted by Crippen LogP contribution is 2.15. The van der Waals surface area contributed by atoms with Gasteiger partial charge in [0.15, 0.2) is 0 Å². The van der Waals surface area contributed by atoms with Gasteiger partial charge in [-0.05, 0) is 46.6 Å². The van der Waals surface area contributed by atoms with Crippen LogP contribution in [0.15, 0.2) is 24.3 Å². The Bertz CT molecular complexity index is 380. The minimum Gasteiger partial charge on any atom is -0.349 e. The predicted molar refractivity (Wildman–Crippen MR) is 80.1 cm³/mol. The van der Waals surface area contributed by atoms with Crippen molar-refractivity contribution in [3.63, 3.8) is 0 Å². The molecule has 0 heterocycles. The van der Waals surface area contributed by atoms with Gasteiger partial charge in [0.1, 0.15) is 0 Å². The van der Waals surface area contributed by atoms with Crippen LogP contribution < -0.4 is 5.32 Å². The van der Waals surface area contributed by atoms with Crippen molar-refractivity contribution >= 4 is 28.5 Å². The van der Waals surface area contributed by atoms with E-state index >= 15 is 0 Å². The zero-order chi connectivity index (χ0) is 13.0. The summed E-state index contributed by atoms with van der Waals surface area (Å²) in [5, 5.41) is 3.13. The third-order valence-electron chi connectivity index (χ3n) is 2.85. The van der Waals surface area contributed by atoms with E-state index in [0.717, 1.165) is 9.13 Å². The second-order valence-corrected chi connectivity index (χ2v) is 6.13. The molecule has 1 amide bonds. The van der Waals surface area contributed by atoms with E-state index in [2.05, 4.69) is 55.6 Å². The lowest BCUT2D eigenvalue weighted by Crippen LogP contribution is -2.42. The molecule has 1 aromatic carbocycles. The van der Waals surface area contributed by atoms with Crippen LogP contribution in [0.4, 0.5) is 0 Å². The molecule has 0 atom stereocenters. The highest BCUT2D eigenvalue weighted by Gasteiger charge is 2.21. The number of benzene rings is 1. The topological polar surface area (TPSA) is 29.1 Å². The maximum Gasteiger partial charge on any atom is 0.252 e. The van der Waals surface area contributed by atoms with Crippen LogP contribution in [0.1, 0.15) is 38.1 Å². The molecule has 0 bridgehead atoms. The quantitative estimate of drug-likeness (QED) is 0.829. The zero-order valence-corrected chi connectivity index (χ0v) is 13.0. The smallest absolute Gasteiger partial charge is 0.252 e. The van der Waals surface area contributed by atoms with Gasteiger partial charge in [0.25, 0.3) is 5.91 Å². The molecule has 0 aliphatic heterocycles. The van der Waals surface area contributed by atoms with Gasteiger partial charge >= 0.3 is 0 Å². The monoisotopic (exact) mass is 345 g/mol. The molecule has 0 aromatic heterocycles. The van der Waals surface area contributed by atoms with Crippen molar-refractivity contribution in [1.29, 1.82) is 0 Å². The Balaban J connectivity index is 2.82. The van der Waals surface area contributed by atoms with E-state index in [1.165, 1.54) is 0 Å². The number of nitrogens with one attached hydrogen (secondary N) is 1. The van der Waals surface area contributed by atoms with E-state index in [1.807, 2.05) is 24.3 Å². The summed E-state index contributed by atoms with van der Waals surface area (Å²) in [7, 11) is 0. The molecule has 0 radical (unpaired) electrons. The summed E-state index contributed by atoms with van der Waals surface area (Å²) in [4.78, 5) is 12.2. The molecular formula is C14H20INO. The summed E-state index contributed by atoms with van der Waals surface area (Å²) in [5.41, 5.74) is 0.763. The van der Waals surface area contributed by atoms with Gasteiger partial charge in [-0.15, -0.1) is 0 Å². The SMILES string of the molecule is CC(C)C(NC(=O)c1ccccc1I)C(C)C. The molecule has 94 valence electrons. The maximum atomic E-state index is 12.2. The third-order valence-corrected chi connectivity index (χ3v) is 3.79. The highest BCUT2D eigenvalue weighted by atomic mass is 127. The summed E-state index contributed by atoms with van der Waals surface area (Å²) >= 11 is 2.20. The molecule has 0 unspecified atom stereocenters. The van der Waals surface area contributed by atoms with Crippen molar-refractivity contribution < 1.29 is 4.79 Å². The maximum absolute atomic E-state index is 12.2. The summed E-state index contributed by atoms with van der Waals surface area (Å²) < 4.78 is 0.994. The molecule has 0 aliphatic carbocycles. The Morgan fingerprint density at radius 3 is 2.12 bits per heavy atom. The lowest BCUT2D eigenvalue weighted by molar-refractivity contribution is 0.0909. The van der Waals surface area contributed by atoms with E-state index < -0.39 is 0 Å². The summed E-state index contributed by atoms with van der Waals surface area (Å²) in [5.74, 6) is 0.919. The van der Waals surface area contributed by atoms with E-state index in [1.54, 1.807) is 0 Å². The van der Waals surface area contributed by atoms with Crippen LogP contribution in [0.3, 0.4) is 0 Å². The number of hydrogen-bond donors (Lipinski definition) is 1. The normalized spacial score (nSPS) is 11.3. The standard InChI is InChI=1S/C14H20INO/c1-9(2)13(10(3)4)16-14(17)11-7-5-6-8-12(11)15/h5-10,13H,1-4H3,(H,16,17). The molecule has 1 aromatic rings. The number of carbonyl (C=O) groups is 1. The lowest BCUT2D eigenvalue weighted by atomic mass is 9.93. The first-order chi connectivity index (χ1) is 7.93. The van der Waals surface area contributed by atoms with Gasteiger partial charge in [-0.1, -0.05) is 39.8 Å². The van der Waals surface area contributed by atoms with E-state index in [9.17, 15) is 4.79 Å². The molecule has 3 heteroatoms. The van der Waals surface area contributed by atoms with E-state index in [4.69, 9.17) is 0 Å². The Kier molecular flexibility index (Phi) is 5.43. The van der Waals surface area contributed by atoms with Crippen molar-refractivity contribution in [2.45, 2.75) is 33.7 Å². The van der Waals surface area contributed by atoms with Gasteiger partial charge in [0.05, 0.1) is 5.56 Å². The fourth-order valence-electron chi connectivity index (χ4n) is 1.98. The van der Waals surface area contributed by atoms with Gasteiger partial charge < -0.3 is 5.32 Å². The molecule has 0 fully saturated rings. The fourth-order valence-corrected chi connectivity index (χ4v) is 2.61. The largest absolute Gasteiger partial charge is 0.349 e. The third kappa shape index (κ3) is 3.98. The van der Waals surface area contributed by atoms with Gasteiger partial charge in [0.2, 0.25) is 0 Å². The van der Waals surface area contributed by atoms with Gasteiger partial charge in [0, 0.05) is 9.61 Å². The highest BCUT2D eigenvalue weighted by molar-refractivity contribution is 14.1. The molecule has 1 rings (SSSR count). The van der Waals surface area contributed by atoms with Gasteiger partial charge in [-0.3, -0.25) is 4.79 Å². The minimum absolute atomic E-state index is 0.0300. The zero-order valence-electron chi connectivity index (χ0n) is 10.8. The molecule has 17 heavy (non-hydrogen) atoms. The van der Waals surface area contributed by atoms with Crippen molar-refractivity contribution in [1.82, 2.24) is 5.32 Å². The number of halogens is 1. The second kappa shape index (κ2) is 6.38. The number of carbonyl (C=O) groups excluding carboxylic acids is 1. The number of amides is 1. The van der Waals surface area contributed by atoms with Crippen LogP contribution in [-0.2, 0) is 0 Å². The average Bonchev–Trinajstić information content (AvgIpc) is 2.25. The average molecular weight is 345 g/mol. The number of hydrogen-bond acceptors (Lipinski definition) is 1. The van der Waals surface area contributed by atoms with Crippen molar-refractivity contribution in [2.24, 2.45) is 11.8 Å². The minimum atomic E-state index is 0.0300. The van der Waals surface area contributed by atoms with Crippen LogP contribution in [-0.4, -0.2) is 11.9 Å². The Morgan fingerprint density at radius 2 is 1.65 bits per heavy atom. The molecule has 0 saturated carbocycles. The van der Waals surface area contributed by atoms with Gasteiger partial charge in [-0.2, -0.15) is 0 Å². The summed E-state index contributed by atoms with van der Waals surface area (Å²) in [6.45, 7) is 8.56. The molecule has 0 aliphatic rings. The molecule has 2 nitrogen and oxygen atoms in total. The van der Waals surface area contributed by atoms with Crippen LogP contribution in [0.25, 0.3) is 0 Å². The fraction of sp³-hybridized carbons (Fsp3) is 0.500. The lowest BCUT2D eigenvalue weighted by Gasteiger charge is -2.26. The Labute approximate surface area is 117 Å². The number of rotatable bonds is 4. The van der Waals surface area contributed by atoms with Gasteiger partial charge in [-0.25, -0.2) is 0 Å². The first-order valence-electron chi connectivity index (χ1n) is 5.99. The summed E-state index contributed by atoms with van der Waals surface area (Å²) in [6.07, 6.45) is 0. The van der Waals surface area contributed by atoms with Crippen LogP contribution >= 0.6 is 22.6 Å². The predicted octanol–water partition coefficient (Wildman–Crippen LogP) is 3.70. The Morgan fingerprint density at radius 1 is 1.12 bits per heavy atom. The van der Waals surface area contributed by atoms with Crippen LogP contribution in [0.5, 0.6) is 0 Å². The first-order valence-corrected chi connectivity index (χ1v) is 7.06. The van der Waals surface area contributed by atoms with Crippen molar-refractivity contribution in [3.8, 4) is 0 Å². The van der Waals surface area contributed by atoms with E-state index in [0.29, 0.717) is 11.8 Å². The molecule has 0 saturated heterocycles.